The number of nitrogens with one attached hydrogen (secondary N) is 1. The number of rotatable bonds is 9. The van der Waals surface area contributed by atoms with Crippen LogP contribution in [0.4, 0.5) is 0 Å². The highest BCUT2D eigenvalue weighted by Gasteiger charge is 2.09. The second kappa shape index (κ2) is 12.9. The Kier molecular flexibility index (Phi) is 12.4. The molecule has 0 spiro atoms. The number of benzene rings is 1. The van der Waals surface area contributed by atoms with Gasteiger partial charge in [-0.3, -0.25) is 4.99 Å². The molecule has 0 saturated heterocycles. The summed E-state index contributed by atoms with van der Waals surface area (Å²) in [5, 5.41) is 12.6. The number of aliphatic imine (C=N–C) groups is 1. The number of nitrogens with zero attached hydrogens (tertiary/aromatic N) is 1. The molecule has 4 N–H and O–H groups in total. The SMILES string of the molecule is CCCCCCNC(N)=NCC(CO)c1ccccc1.I. The molecular weight excluding hydrogens is 377 g/mol. The van der Waals surface area contributed by atoms with Gasteiger partial charge in [0.1, 0.15) is 0 Å². The van der Waals surface area contributed by atoms with Crippen LogP contribution in [0.15, 0.2) is 35.3 Å². The van der Waals surface area contributed by atoms with Gasteiger partial charge in [-0.15, -0.1) is 24.0 Å². The highest BCUT2D eigenvalue weighted by molar-refractivity contribution is 14.0. The first-order valence-corrected chi connectivity index (χ1v) is 7.47. The molecule has 1 atom stereocenters. The third kappa shape index (κ3) is 8.93. The fraction of sp³-hybridized carbons (Fsp3) is 0.562. The summed E-state index contributed by atoms with van der Waals surface area (Å²) in [5.41, 5.74) is 6.92. The van der Waals surface area contributed by atoms with Gasteiger partial charge in [0.15, 0.2) is 5.96 Å². The van der Waals surface area contributed by atoms with Crippen molar-refractivity contribution in [2.24, 2.45) is 10.7 Å². The molecule has 0 heterocycles. The molecule has 0 bridgehead atoms. The first-order valence-electron chi connectivity index (χ1n) is 7.47. The summed E-state index contributed by atoms with van der Waals surface area (Å²) >= 11 is 0. The van der Waals surface area contributed by atoms with Crippen LogP contribution in [-0.2, 0) is 0 Å². The zero-order valence-corrected chi connectivity index (χ0v) is 15.1. The van der Waals surface area contributed by atoms with Crippen LogP contribution in [0.25, 0.3) is 0 Å². The monoisotopic (exact) mass is 405 g/mol. The van der Waals surface area contributed by atoms with Gasteiger partial charge in [0.25, 0.3) is 0 Å². The van der Waals surface area contributed by atoms with E-state index in [-0.39, 0.29) is 36.5 Å². The van der Waals surface area contributed by atoms with Crippen molar-refractivity contribution >= 4 is 29.9 Å². The van der Waals surface area contributed by atoms with Crippen LogP contribution in [0.5, 0.6) is 0 Å². The lowest BCUT2D eigenvalue weighted by atomic mass is 10.0. The molecule has 4 nitrogen and oxygen atoms in total. The average Bonchev–Trinajstić information content (AvgIpc) is 2.49. The molecule has 5 heteroatoms. The number of nitrogens with two attached hydrogens (primary N) is 1. The summed E-state index contributed by atoms with van der Waals surface area (Å²) < 4.78 is 0. The van der Waals surface area contributed by atoms with Gasteiger partial charge in [-0.2, -0.15) is 0 Å². The van der Waals surface area contributed by atoms with Crippen LogP contribution >= 0.6 is 24.0 Å². The van der Waals surface area contributed by atoms with E-state index in [0.717, 1.165) is 18.5 Å². The maximum atomic E-state index is 9.44. The molecule has 0 aliphatic heterocycles. The van der Waals surface area contributed by atoms with E-state index >= 15 is 0 Å². The van der Waals surface area contributed by atoms with Crippen molar-refractivity contribution in [2.75, 3.05) is 19.7 Å². The van der Waals surface area contributed by atoms with E-state index in [1.54, 1.807) is 0 Å². The predicted molar refractivity (Wildman–Crippen MR) is 100 cm³/mol. The van der Waals surface area contributed by atoms with Crippen LogP contribution in [-0.4, -0.2) is 30.8 Å². The minimum absolute atomic E-state index is 0. The molecule has 0 saturated carbocycles. The molecule has 0 aliphatic carbocycles. The van der Waals surface area contributed by atoms with E-state index in [4.69, 9.17) is 5.73 Å². The van der Waals surface area contributed by atoms with Gasteiger partial charge < -0.3 is 16.2 Å². The van der Waals surface area contributed by atoms with E-state index < -0.39 is 0 Å². The molecule has 0 radical (unpaired) electrons. The molecule has 21 heavy (non-hydrogen) atoms. The third-order valence-corrected chi connectivity index (χ3v) is 3.31. The van der Waals surface area contributed by atoms with Gasteiger partial charge in [-0.25, -0.2) is 0 Å². The minimum atomic E-state index is 0. The van der Waals surface area contributed by atoms with Crippen molar-refractivity contribution in [3.63, 3.8) is 0 Å². The van der Waals surface area contributed by atoms with Crippen LogP contribution < -0.4 is 11.1 Å². The molecule has 1 aromatic carbocycles. The first-order chi connectivity index (χ1) is 9.77. The molecule has 0 fully saturated rings. The molecule has 120 valence electrons. The smallest absolute Gasteiger partial charge is 0.188 e. The Morgan fingerprint density at radius 3 is 2.57 bits per heavy atom. The van der Waals surface area contributed by atoms with E-state index in [0.29, 0.717) is 12.5 Å². The number of halogens is 1. The van der Waals surface area contributed by atoms with Gasteiger partial charge >= 0.3 is 0 Å². The Balaban J connectivity index is 0.00000400. The Bertz CT molecular complexity index is 384. The highest BCUT2D eigenvalue weighted by atomic mass is 127. The second-order valence-electron chi connectivity index (χ2n) is 5.00. The van der Waals surface area contributed by atoms with Gasteiger partial charge in [0.2, 0.25) is 0 Å². The van der Waals surface area contributed by atoms with Crippen LogP contribution in [0.1, 0.15) is 44.1 Å². The number of guanidine groups is 1. The normalized spacial score (nSPS) is 12.6. The second-order valence-corrected chi connectivity index (χ2v) is 5.00. The zero-order chi connectivity index (χ0) is 14.6. The summed E-state index contributed by atoms with van der Waals surface area (Å²) in [7, 11) is 0. The van der Waals surface area contributed by atoms with Crippen molar-refractivity contribution in [2.45, 2.75) is 38.5 Å². The van der Waals surface area contributed by atoms with E-state index in [2.05, 4.69) is 17.2 Å². The van der Waals surface area contributed by atoms with E-state index in [1.165, 1.54) is 19.3 Å². The van der Waals surface area contributed by atoms with Crippen molar-refractivity contribution in [3.05, 3.63) is 35.9 Å². The Morgan fingerprint density at radius 1 is 1.24 bits per heavy atom. The van der Waals surface area contributed by atoms with Gasteiger partial charge in [0, 0.05) is 12.5 Å². The fourth-order valence-electron chi connectivity index (χ4n) is 2.03. The Morgan fingerprint density at radius 2 is 1.95 bits per heavy atom. The lowest BCUT2D eigenvalue weighted by Crippen LogP contribution is -2.33. The lowest BCUT2D eigenvalue weighted by Gasteiger charge is -2.12. The number of hydrogen-bond donors (Lipinski definition) is 3. The molecule has 1 rings (SSSR count). The van der Waals surface area contributed by atoms with Gasteiger partial charge in [-0.1, -0.05) is 56.5 Å². The summed E-state index contributed by atoms with van der Waals surface area (Å²) in [6.45, 7) is 3.65. The minimum Gasteiger partial charge on any atom is -0.396 e. The standard InChI is InChI=1S/C16H27N3O.HI/c1-2-3-4-8-11-18-16(17)19-12-15(13-20)14-9-6-5-7-10-14;/h5-7,9-10,15,20H,2-4,8,11-13H2,1H3,(H3,17,18,19);1H. The largest absolute Gasteiger partial charge is 0.396 e. The Hall–Kier alpha value is -0.820. The highest BCUT2D eigenvalue weighted by Crippen LogP contribution is 2.14. The van der Waals surface area contributed by atoms with Crippen LogP contribution in [0.2, 0.25) is 0 Å². The lowest BCUT2D eigenvalue weighted by molar-refractivity contribution is 0.268. The molecule has 0 aliphatic rings. The molecular formula is C16H28IN3O. The van der Waals surface area contributed by atoms with E-state index in [9.17, 15) is 5.11 Å². The Labute approximate surface area is 145 Å². The van der Waals surface area contributed by atoms with E-state index in [1.807, 2.05) is 30.3 Å². The van der Waals surface area contributed by atoms with Crippen molar-refractivity contribution in [1.29, 1.82) is 0 Å². The summed E-state index contributed by atoms with van der Waals surface area (Å²) in [4.78, 5) is 4.31. The quantitative estimate of drug-likeness (QED) is 0.256. The average molecular weight is 405 g/mol. The fourth-order valence-corrected chi connectivity index (χ4v) is 2.03. The number of aliphatic hydroxyl groups is 1. The molecule has 0 amide bonds. The molecule has 0 aromatic heterocycles. The van der Waals surface area contributed by atoms with Crippen molar-refractivity contribution in [1.82, 2.24) is 5.32 Å². The van der Waals surface area contributed by atoms with Gasteiger partial charge in [-0.05, 0) is 12.0 Å². The number of aliphatic hydroxyl groups excluding tert-OH is 1. The van der Waals surface area contributed by atoms with Gasteiger partial charge in [0.05, 0.1) is 13.2 Å². The number of unbranched alkanes of at least 4 members (excludes halogenated alkanes) is 3. The van der Waals surface area contributed by atoms with Crippen molar-refractivity contribution < 1.29 is 5.11 Å². The predicted octanol–water partition coefficient (Wildman–Crippen LogP) is 2.87. The summed E-state index contributed by atoms with van der Waals surface area (Å²) in [5.74, 6) is 0.479. The molecule has 1 aromatic rings. The topological polar surface area (TPSA) is 70.6 Å². The first kappa shape index (κ1) is 20.2. The number of hydrogen-bond acceptors (Lipinski definition) is 2. The summed E-state index contributed by atoms with van der Waals surface area (Å²) in [6.07, 6.45) is 4.84. The van der Waals surface area contributed by atoms with Crippen LogP contribution in [0, 0.1) is 0 Å². The van der Waals surface area contributed by atoms with Crippen molar-refractivity contribution in [3.8, 4) is 0 Å². The third-order valence-electron chi connectivity index (χ3n) is 3.31. The maximum Gasteiger partial charge on any atom is 0.188 e. The zero-order valence-electron chi connectivity index (χ0n) is 12.8. The maximum absolute atomic E-state index is 9.44. The molecule has 1 unspecified atom stereocenters. The summed E-state index contributed by atoms with van der Waals surface area (Å²) in [6, 6.07) is 9.91. The van der Waals surface area contributed by atoms with Crippen LogP contribution in [0.3, 0.4) is 0 Å².